The monoisotopic (exact) mass is 365 g/mol. The van der Waals surface area contributed by atoms with Crippen molar-refractivity contribution in [1.29, 1.82) is 0 Å². The van der Waals surface area contributed by atoms with Crippen molar-refractivity contribution in [2.45, 2.75) is 38.8 Å². The number of carbonyl (C=O) groups excluding carboxylic acids is 1. The zero-order valence-electron chi connectivity index (χ0n) is 15.8. The van der Waals surface area contributed by atoms with Gasteiger partial charge in [0.05, 0.1) is 6.04 Å². The topological polar surface area (TPSA) is 63.1 Å². The maximum absolute atomic E-state index is 12.0. The van der Waals surface area contributed by atoms with E-state index in [1.54, 1.807) is 0 Å². The minimum Gasteiger partial charge on any atom is -0.346 e. The molecule has 0 spiro atoms. The lowest BCUT2D eigenvalue weighted by molar-refractivity contribution is -0.123. The summed E-state index contributed by atoms with van der Waals surface area (Å²) < 4.78 is 2.19. The van der Waals surface area contributed by atoms with Crippen LogP contribution in [-0.2, 0) is 17.8 Å². The van der Waals surface area contributed by atoms with Gasteiger partial charge in [-0.05, 0) is 25.3 Å². The molecule has 1 aliphatic carbocycles. The maximum atomic E-state index is 12.0. The lowest BCUT2D eigenvalue weighted by Gasteiger charge is -2.18. The van der Waals surface area contributed by atoms with E-state index in [1.807, 2.05) is 13.0 Å². The molecular formula is C21H27N5O. The first-order valence-electron chi connectivity index (χ1n) is 9.87. The lowest BCUT2D eigenvalue weighted by atomic mass is 10.2. The van der Waals surface area contributed by atoms with E-state index in [9.17, 15) is 4.79 Å². The minimum atomic E-state index is -0.0936. The number of fused-ring (bicyclic) bond motifs is 1. The van der Waals surface area contributed by atoms with Crippen LogP contribution in [0.3, 0.4) is 0 Å². The normalized spacial score (nSPS) is 18.9. The Morgan fingerprint density at radius 3 is 2.81 bits per heavy atom. The van der Waals surface area contributed by atoms with Crippen LogP contribution in [0.5, 0.6) is 0 Å². The first-order valence-corrected chi connectivity index (χ1v) is 9.87. The fraction of sp³-hybridized carbons (Fsp3) is 0.476. The maximum Gasteiger partial charge on any atom is 0.223 e. The van der Waals surface area contributed by atoms with Crippen molar-refractivity contribution in [1.82, 2.24) is 25.0 Å². The molecule has 1 amide bonds. The predicted molar refractivity (Wildman–Crippen MR) is 105 cm³/mol. The number of carbonyl (C=O) groups is 1. The Labute approximate surface area is 160 Å². The van der Waals surface area contributed by atoms with Crippen molar-refractivity contribution < 1.29 is 4.79 Å². The van der Waals surface area contributed by atoms with Crippen LogP contribution in [0.4, 0.5) is 0 Å². The second-order valence-electron chi connectivity index (χ2n) is 7.49. The van der Waals surface area contributed by atoms with Crippen LogP contribution in [0.1, 0.15) is 43.0 Å². The van der Waals surface area contributed by atoms with E-state index in [2.05, 4.69) is 61.4 Å². The molecule has 0 bridgehead atoms. The van der Waals surface area contributed by atoms with Crippen molar-refractivity contribution in [2.75, 3.05) is 19.6 Å². The largest absolute Gasteiger partial charge is 0.346 e. The average molecular weight is 365 g/mol. The van der Waals surface area contributed by atoms with Gasteiger partial charge < -0.3 is 9.88 Å². The van der Waals surface area contributed by atoms with E-state index in [0.29, 0.717) is 0 Å². The summed E-state index contributed by atoms with van der Waals surface area (Å²) in [4.78, 5) is 14.5. The van der Waals surface area contributed by atoms with Crippen LogP contribution in [0, 0.1) is 5.92 Å². The van der Waals surface area contributed by atoms with Gasteiger partial charge in [0.15, 0.2) is 5.82 Å². The van der Waals surface area contributed by atoms with Crippen molar-refractivity contribution >= 4 is 12.0 Å². The fourth-order valence-electron chi connectivity index (χ4n) is 3.54. The first-order chi connectivity index (χ1) is 13.2. The minimum absolute atomic E-state index is 0.0936. The fourth-order valence-corrected chi connectivity index (χ4v) is 3.54. The van der Waals surface area contributed by atoms with Gasteiger partial charge in [0.25, 0.3) is 0 Å². The van der Waals surface area contributed by atoms with Crippen molar-refractivity contribution in [3.8, 4) is 0 Å². The van der Waals surface area contributed by atoms with Gasteiger partial charge in [-0.1, -0.05) is 42.5 Å². The molecule has 1 aromatic carbocycles. The Kier molecular flexibility index (Phi) is 5.34. The Morgan fingerprint density at radius 2 is 2.04 bits per heavy atom. The second kappa shape index (κ2) is 8.05. The van der Waals surface area contributed by atoms with Crippen LogP contribution in [0.2, 0.25) is 0 Å². The predicted octanol–water partition coefficient (Wildman–Crippen LogP) is 2.44. The van der Waals surface area contributed by atoms with Crippen LogP contribution in [0.25, 0.3) is 6.08 Å². The lowest BCUT2D eigenvalue weighted by Crippen LogP contribution is -2.31. The Balaban J connectivity index is 1.35. The molecule has 4 rings (SSSR count). The molecule has 1 fully saturated rings. The molecule has 1 unspecified atom stereocenters. The number of nitrogens with zero attached hydrogens (tertiary/aromatic N) is 4. The molecular weight excluding hydrogens is 338 g/mol. The summed E-state index contributed by atoms with van der Waals surface area (Å²) in [6.07, 6.45) is 7.31. The van der Waals surface area contributed by atoms with Crippen LogP contribution in [-0.4, -0.2) is 45.2 Å². The van der Waals surface area contributed by atoms with Gasteiger partial charge in [-0.2, -0.15) is 0 Å². The van der Waals surface area contributed by atoms with Gasteiger partial charge >= 0.3 is 0 Å². The van der Waals surface area contributed by atoms with E-state index in [4.69, 9.17) is 0 Å². The molecule has 27 heavy (non-hydrogen) atoms. The van der Waals surface area contributed by atoms with Crippen molar-refractivity contribution in [3.63, 3.8) is 0 Å². The van der Waals surface area contributed by atoms with Crippen molar-refractivity contribution in [2.24, 2.45) is 5.92 Å². The quantitative estimate of drug-likeness (QED) is 0.854. The third-order valence-electron chi connectivity index (χ3n) is 5.32. The molecule has 6 heteroatoms. The van der Waals surface area contributed by atoms with E-state index in [1.165, 1.54) is 5.56 Å². The first kappa shape index (κ1) is 17.9. The third-order valence-corrected chi connectivity index (χ3v) is 5.32. The number of nitrogens with one attached hydrogen (secondary N) is 1. The standard InChI is InChI=1S/C21H27N5O/c1-16(22-21(27)18-9-10-18)20-24-23-19-11-13-25(14-15-26(19)20)12-5-8-17-6-3-2-4-7-17/h2-8,16,18H,9-15H2,1H3,(H,22,27)/b8-5+. The Bertz CT molecular complexity index is 809. The molecule has 2 aromatic rings. The Hall–Kier alpha value is -2.47. The summed E-state index contributed by atoms with van der Waals surface area (Å²) >= 11 is 0. The second-order valence-corrected chi connectivity index (χ2v) is 7.49. The van der Waals surface area contributed by atoms with Gasteiger partial charge in [-0.25, -0.2) is 0 Å². The molecule has 1 aliphatic heterocycles. The smallest absolute Gasteiger partial charge is 0.223 e. The molecule has 1 saturated carbocycles. The molecule has 142 valence electrons. The summed E-state index contributed by atoms with van der Waals surface area (Å²) in [6.45, 7) is 5.72. The number of benzene rings is 1. The van der Waals surface area contributed by atoms with Gasteiger partial charge in [0, 0.05) is 38.5 Å². The van der Waals surface area contributed by atoms with E-state index >= 15 is 0 Å². The highest BCUT2D eigenvalue weighted by Crippen LogP contribution is 2.29. The average Bonchev–Trinajstić information content (AvgIpc) is 3.48. The molecule has 2 aliphatic rings. The van der Waals surface area contributed by atoms with E-state index in [-0.39, 0.29) is 17.9 Å². The van der Waals surface area contributed by atoms with Gasteiger partial charge in [0.2, 0.25) is 5.91 Å². The molecule has 6 nitrogen and oxygen atoms in total. The van der Waals surface area contributed by atoms with Gasteiger partial charge in [-0.15, -0.1) is 10.2 Å². The third kappa shape index (κ3) is 4.45. The van der Waals surface area contributed by atoms with Gasteiger partial charge in [0.1, 0.15) is 5.82 Å². The SMILES string of the molecule is CC(NC(=O)C1CC1)c1nnc2n1CCN(C/C=C/c1ccccc1)CC2. The molecule has 1 aromatic heterocycles. The molecule has 2 heterocycles. The number of rotatable bonds is 6. The zero-order chi connectivity index (χ0) is 18.6. The summed E-state index contributed by atoms with van der Waals surface area (Å²) in [5, 5.41) is 11.8. The summed E-state index contributed by atoms with van der Waals surface area (Å²) in [6, 6.07) is 10.3. The molecule has 1 N–H and O–H groups in total. The van der Waals surface area contributed by atoms with E-state index in [0.717, 1.165) is 57.1 Å². The summed E-state index contributed by atoms with van der Waals surface area (Å²) in [5.74, 6) is 2.26. The zero-order valence-corrected chi connectivity index (χ0v) is 15.8. The van der Waals surface area contributed by atoms with E-state index < -0.39 is 0 Å². The van der Waals surface area contributed by atoms with Crippen LogP contribution in [0.15, 0.2) is 36.4 Å². The molecule has 1 atom stereocenters. The number of amides is 1. The van der Waals surface area contributed by atoms with Gasteiger partial charge in [-0.3, -0.25) is 9.69 Å². The molecule has 0 saturated heterocycles. The Morgan fingerprint density at radius 1 is 1.22 bits per heavy atom. The summed E-state index contributed by atoms with van der Waals surface area (Å²) in [7, 11) is 0. The van der Waals surface area contributed by atoms with Crippen molar-refractivity contribution in [3.05, 3.63) is 53.6 Å². The number of aromatic nitrogens is 3. The summed E-state index contributed by atoms with van der Waals surface area (Å²) in [5.41, 5.74) is 1.23. The van der Waals surface area contributed by atoms with Crippen LogP contribution < -0.4 is 5.32 Å². The van der Waals surface area contributed by atoms with Crippen LogP contribution >= 0.6 is 0 Å². The highest BCUT2D eigenvalue weighted by Gasteiger charge is 2.31. The highest BCUT2D eigenvalue weighted by molar-refractivity contribution is 5.81. The highest BCUT2D eigenvalue weighted by atomic mass is 16.2. The number of hydrogen-bond acceptors (Lipinski definition) is 4. The number of hydrogen-bond donors (Lipinski definition) is 1. The molecule has 0 radical (unpaired) electrons.